The van der Waals surface area contributed by atoms with Crippen LogP contribution in [-0.2, 0) is 11.8 Å². The number of rotatable bonds is 5. The van der Waals surface area contributed by atoms with Gasteiger partial charge in [-0.1, -0.05) is 28.9 Å². The summed E-state index contributed by atoms with van der Waals surface area (Å²) in [6.07, 6.45) is 0.502. The normalized spacial score (nSPS) is 10.9. The fourth-order valence-electron chi connectivity index (χ4n) is 2.23. The molecule has 0 spiro atoms. The van der Waals surface area contributed by atoms with E-state index < -0.39 is 17.5 Å². The fraction of sp³-hybridized carbons (Fsp3) is 0.176. The van der Waals surface area contributed by atoms with E-state index in [1.807, 2.05) is 6.92 Å². The van der Waals surface area contributed by atoms with E-state index in [1.54, 1.807) is 6.07 Å². The Morgan fingerprint density at radius 2 is 1.88 bits per heavy atom. The van der Waals surface area contributed by atoms with Gasteiger partial charge >= 0.3 is 0 Å². The highest BCUT2D eigenvalue weighted by molar-refractivity contribution is 9.08. The second-order valence-electron chi connectivity index (χ2n) is 5.21. The Balaban J connectivity index is 2.07. The highest BCUT2D eigenvalue weighted by Gasteiger charge is 2.20. The second kappa shape index (κ2) is 7.26. The number of hydrogen-bond acceptors (Lipinski definition) is 4. The zero-order chi connectivity index (χ0) is 18.0. The Hall–Kier alpha value is -2.35. The first-order valence-corrected chi connectivity index (χ1v) is 8.57. The number of aryl methyl sites for hydroxylation is 1. The largest absolute Gasteiger partial charge is 0.421 e. The second-order valence-corrected chi connectivity index (χ2v) is 5.77. The minimum Gasteiger partial charge on any atom is -0.421 e. The maximum absolute atomic E-state index is 14.3. The Labute approximate surface area is 150 Å². The van der Waals surface area contributed by atoms with Crippen LogP contribution in [0.25, 0.3) is 11.5 Å². The number of halogens is 4. The molecule has 0 unspecified atom stereocenters. The van der Waals surface area contributed by atoms with Crippen LogP contribution in [0.1, 0.15) is 18.4 Å². The molecule has 0 aliphatic rings. The van der Waals surface area contributed by atoms with E-state index in [2.05, 4.69) is 31.4 Å². The van der Waals surface area contributed by atoms with Crippen LogP contribution in [0.3, 0.4) is 0 Å². The molecule has 3 aromatic rings. The first kappa shape index (κ1) is 17.5. The van der Waals surface area contributed by atoms with Gasteiger partial charge in [-0.15, -0.1) is 10.2 Å². The quantitative estimate of drug-likeness (QED) is 0.574. The summed E-state index contributed by atoms with van der Waals surface area (Å²) in [4.78, 5) is 0. The van der Waals surface area contributed by atoms with Gasteiger partial charge in [0.25, 0.3) is 0 Å². The van der Waals surface area contributed by atoms with Gasteiger partial charge in [0.1, 0.15) is 5.82 Å². The first-order valence-electron chi connectivity index (χ1n) is 7.45. The molecule has 25 heavy (non-hydrogen) atoms. The molecule has 0 aliphatic carbocycles. The van der Waals surface area contributed by atoms with Gasteiger partial charge in [0, 0.05) is 11.8 Å². The lowest BCUT2D eigenvalue weighted by Gasteiger charge is -2.13. The van der Waals surface area contributed by atoms with Gasteiger partial charge in [-0.3, -0.25) is 0 Å². The monoisotopic (exact) mass is 411 g/mol. The first-order chi connectivity index (χ1) is 12.0. The molecule has 130 valence electrons. The van der Waals surface area contributed by atoms with Crippen LogP contribution in [0.2, 0.25) is 0 Å². The van der Waals surface area contributed by atoms with Gasteiger partial charge in [0.2, 0.25) is 11.8 Å². The Bertz CT molecular complexity index is 914. The average molecular weight is 412 g/mol. The third kappa shape index (κ3) is 3.53. The van der Waals surface area contributed by atoms with Gasteiger partial charge in [0.15, 0.2) is 11.6 Å². The molecular formula is C17H13BrF3N3O. The van der Waals surface area contributed by atoms with Crippen LogP contribution in [0.5, 0.6) is 0 Å². The van der Waals surface area contributed by atoms with Gasteiger partial charge in [-0.2, -0.15) is 0 Å². The van der Waals surface area contributed by atoms with Crippen LogP contribution in [0.15, 0.2) is 34.7 Å². The predicted molar refractivity (Wildman–Crippen MR) is 91.3 cm³/mol. The number of anilines is 2. The van der Waals surface area contributed by atoms with Gasteiger partial charge in [-0.25, -0.2) is 13.2 Å². The number of nitrogens with one attached hydrogen (secondary N) is 1. The third-order valence-corrected chi connectivity index (χ3v) is 4.19. The topological polar surface area (TPSA) is 51.0 Å². The van der Waals surface area contributed by atoms with Gasteiger partial charge in [-0.05, 0) is 29.8 Å². The molecule has 4 nitrogen and oxygen atoms in total. The van der Waals surface area contributed by atoms with E-state index in [4.69, 9.17) is 4.42 Å². The summed E-state index contributed by atoms with van der Waals surface area (Å²) in [5.41, 5.74) is 0.602. The lowest BCUT2D eigenvalue weighted by Crippen LogP contribution is -2.02. The molecule has 1 N–H and O–H groups in total. The SMILES string of the molecule is CCc1nnc(-c2ccc(F)c(F)c2Nc2ccc(CBr)cc2F)o1. The number of alkyl halides is 1. The maximum atomic E-state index is 14.3. The van der Waals surface area contributed by atoms with E-state index in [-0.39, 0.29) is 22.8 Å². The van der Waals surface area contributed by atoms with Crippen molar-refractivity contribution in [2.24, 2.45) is 0 Å². The molecule has 2 aromatic carbocycles. The Morgan fingerprint density at radius 3 is 2.52 bits per heavy atom. The van der Waals surface area contributed by atoms with Crippen molar-refractivity contribution in [1.29, 1.82) is 0 Å². The smallest absolute Gasteiger partial charge is 0.249 e. The summed E-state index contributed by atoms with van der Waals surface area (Å²) in [7, 11) is 0. The molecule has 1 aromatic heterocycles. The van der Waals surface area contributed by atoms with Crippen molar-refractivity contribution in [3.8, 4) is 11.5 Å². The molecule has 1 heterocycles. The highest BCUT2D eigenvalue weighted by atomic mass is 79.9. The molecular weight excluding hydrogens is 399 g/mol. The van der Waals surface area contributed by atoms with Crippen LogP contribution in [0.4, 0.5) is 24.5 Å². The Kier molecular flexibility index (Phi) is 5.08. The third-order valence-electron chi connectivity index (χ3n) is 3.54. The maximum Gasteiger partial charge on any atom is 0.249 e. The molecule has 0 atom stereocenters. The molecule has 0 aliphatic heterocycles. The van der Waals surface area contributed by atoms with Crippen LogP contribution >= 0.6 is 15.9 Å². The minimum atomic E-state index is -1.15. The van der Waals surface area contributed by atoms with E-state index in [0.717, 1.165) is 6.07 Å². The zero-order valence-corrected chi connectivity index (χ0v) is 14.7. The van der Waals surface area contributed by atoms with Crippen molar-refractivity contribution >= 4 is 27.3 Å². The average Bonchev–Trinajstić information content (AvgIpc) is 3.09. The lowest BCUT2D eigenvalue weighted by atomic mass is 10.1. The summed E-state index contributed by atoms with van der Waals surface area (Å²) >= 11 is 3.23. The van der Waals surface area contributed by atoms with E-state index in [1.165, 1.54) is 18.2 Å². The number of hydrogen-bond donors (Lipinski definition) is 1. The fourth-order valence-corrected chi connectivity index (χ4v) is 2.58. The van der Waals surface area contributed by atoms with Crippen LogP contribution in [0, 0.1) is 17.5 Å². The van der Waals surface area contributed by atoms with Crippen molar-refractivity contribution in [2.75, 3.05) is 5.32 Å². The summed E-state index contributed by atoms with van der Waals surface area (Å²) in [6.45, 7) is 1.82. The van der Waals surface area contributed by atoms with E-state index in [9.17, 15) is 13.2 Å². The van der Waals surface area contributed by atoms with Crippen LogP contribution < -0.4 is 5.32 Å². The van der Waals surface area contributed by atoms with Gasteiger partial charge in [0.05, 0.1) is 16.9 Å². The van der Waals surface area contributed by atoms with Crippen molar-refractivity contribution in [3.05, 3.63) is 59.2 Å². The molecule has 0 bridgehead atoms. The number of benzene rings is 2. The lowest BCUT2D eigenvalue weighted by molar-refractivity contribution is 0.504. The summed E-state index contributed by atoms with van der Waals surface area (Å²) in [5.74, 6) is -2.43. The van der Waals surface area contributed by atoms with Crippen molar-refractivity contribution in [3.63, 3.8) is 0 Å². The molecule has 0 saturated carbocycles. The summed E-state index contributed by atoms with van der Waals surface area (Å²) in [5, 5.41) is 10.7. The van der Waals surface area contributed by atoms with Crippen molar-refractivity contribution in [1.82, 2.24) is 10.2 Å². The van der Waals surface area contributed by atoms with Crippen molar-refractivity contribution in [2.45, 2.75) is 18.7 Å². The Morgan fingerprint density at radius 1 is 1.08 bits per heavy atom. The molecule has 0 radical (unpaired) electrons. The molecule has 0 fully saturated rings. The molecule has 0 amide bonds. The predicted octanol–water partition coefficient (Wildman–Crippen LogP) is 5.35. The molecule has 8 heteroatoms. The van der Waals surface area contributed by atoms with Gasteiger partial charge < -0.3 is 9.73 Å². The van der Waals surface area contributed by atoms with Crippen molar-refractivity contribution < 1.29 is 17.6 Å². The standard InChI is InChI=1S/C17H13BrF3N3O/c1-2-14-23-24-17(25-14)10-4-5-11(19)15(21)16(10)22-13-6-3-9(8-18)7-12(13)20/h3-7,22H,2,8H2,1H3. The molecule has 3 rings (SSSR count). The summed E-state index contributed by atoms with van der Waals surface area (Å²) < 4.78 is 47.6. The van der Waals surface area contributed by atoms with Crippen LogP contribution in [-0.4, -0.2) is 10.2 Å². The molecule has 0 saturated heterocycles. The highest BCUT2D eigenvalue weighted by Crippen LogP contribution is 2.34. The number of nitrogens with zero attached hydrogens (tertiary/aromatic N) is 2. The zero-order valence-electron chi connectivity index (χ0n) is 13.1. The number of aromatic nitrogens is 2. The van der Waals surface area contributed by atoms with E-state index >= 15 is 0 Å². The summed E-state index contributed by atoms with van der Waals surface area (Å²) in [6, 6.07) is 6.68. The van der Waals surface area contributed by atoms with E-state index in [0.29, 0.717) is 23.2 Å². The minimum absolute atomic E-state index is 0.00526.